The Kier molecular flexibility index (Phi) is 7.23. The van der Waals surface area contributed by atoms with Crippen LogP contribution in [-0.4, -0.2) is 30.9 Å². The van der Waals surface area contributed by atoms with E-state index in [-0.39, 0.29) is 58.1 Å². The van der Waals surface area contributed by atoms with Crippen molar-refractivity contribution < 1.29 is 23.9 Å². The molecule has 5 aliphatic carbocycles. The number of hydrogen-bond acceptors (Lipinski definition) is 5. The lowest BCUT2D eigenvalue weighted by molar-refractivity contribution is -0.213. The molecule has 5 rings (SSSR count). The van der Waals surface area contributed by atoms with Gasteiger partial charge in [0, 0.05) is 18.8 Å². The molecule has 0 radical (unpaired) electrons. The summed E-state index contributed by atoms with van der Waals surface area (Å²) < 4.78 is 11.7. The molecule has 0 aromatic rings. The van der Waals surface area contributed by atoms with Crippen LogP contribution in [0, 0.1) is 44.3 Å². The largest absolute Gasteiger partial charge is 0.465 e. The lowest BCUT2D eigenvalue weighted by Crippen LogP contribution is -2.64. The Morgan fingerprint density at radius 2 is 1.55 bits per heavy atom. The Hall–Kier alpha value is -1.65. The first-order valence-electron chi connectivity index (χ1n) is 16.1. The molecule has 4 saturated carbocycles. The second-order valence-corrected chi connectivity index (χ2v) is 16.4. The number of carbonyl (C=O) groups is 3. The number of allylic oxidation sites excluding steroid dienone is 1. The highest BCUT2D eigenvalue weighted by molar-refractivity contribution is 5.82. The van der Waals surface area contributed by atoms with Crippen LogP contribution in [0.5, 0.6) is 0 Å². The fraction of sp³-hybridized carbons (Fsp3) is 0.857. The van der Waals surface area contributed by atoms with Crippen LogP contribution in [0.4, 0.5) is 0 Å². The predicted octanol–water partition coefficient (Wildman–Crippen LogP) is 8.00. The molecule has 0 heterocycles. The number of rotatable bonds is 5. The van der Waals surface area contributed by atoms with Crippen LogP contribution in [-0.2, 0) is 23.9 Å². The number of hydrogen-bond donors (Lipinski definition) is 0. The van der Waals surface area contributed by atoms with Gasteiger partial charge in [0.15, 0.2) is 0 Å². The summed E-state index contributed by atoms with van der Waals surface area (Å²) in [6, 6.07) is 0. The van der Waals surface area contributed by atoms with E-state index in [0.29, 0.717) is 11.8 Å². The van der Waals surface area contributed by atoms with Gasteiger partial charge in [0.1, 0.15) is 12.4 Å². The first kappa shape index (κ1) is 29.8. The third-order valence-corrected chi connectivity index (χ3v) is 13.6. The van der Waals surface area contributed by atoms with Gasteiger partial charge in [-0.05, 0) is 104 Å². The van der Waals surface area contributed by atoms with Crippen LogP contribution >= 0.6 is 0 Å². The van der Waals surface area contributed by atoms with E-state index in [0.717, 1.165) is 64.1 Å². The third-order valence-electron chi connectivity index (χ3n) is 13.6. The molecule has 0 aromatic carbocycles. The van der Waals surface area contributed by atoms with E-state index in [4.69, 9.17) is 9.47 Å². The average molecular weight is 555 g/mol. The molecule has 0 unspecified atom stereocenters. The number of ether oxygens (including phenoxy) is 2. The van der Waals surface area contributed by atoms with Gasteiger partial charge in [0.2, 0.25) is 0 Å². The minimum Gasteiger partial charge on any atom is -0.465 e. The van der Waals surface area contributed by atoms with E-state index in [1.165, 1.54) is 18.4 Å². The Morgan fingerprint density at radius 3 is 2.23 bits per heavy atom. The molecular formula is C35H54O5. The Balaban J connectivity index is 1.54. The van der Waals surface area contributed by atoms with E-state index >= 15 is 0 Å². The summed E-state index contributed by atoms with van der Waals surface area (Å²) in [6.07, 6.45) is 12.5. The van der Waals surface area contributed by atoms with Crippen LogP contribution in [0.1, 0.15) is 132 Å². The summed E-state index contributed by atoms with van der Waals surface area (Å²) >= 11 is 0. The number of carbonyl (C=O) groups excluding carboxylic acids is 3. The number of esters is 2. The molecular weight excluding hydrogens is 500 g/mol. The summed E-state index contributed by atoms with van der Waals surface area (Å²) in [5.41, 5.74) is 3.04. The van der Waals surface area contributed by atoms with Crippen molar-refractivity contribution in [3.8, 4) is 0 Å². The van der Waals surface area contributed by atoms with Crippen LogP contribution in [0.25, 0.3) is 0 Å². The normalized spacial score (nSPS) is 43.4. The van der Waals surface area contributed by atoms with Crippen molar-refractivity contribution in [3.63, 3.8) is 0 Å². The minimum atomic E-state index is -0.512. The lowest BCUT2D eigenvalue weighted by Gasteiger charge is -2.71. The van der Waals surface area contributed by atoms with E-state index in [9.17, 15) is 14.4 Å². The zero-order chi connectivity index (χ0) is 29.4. The van der Waals surface area contributed by atoms with E-state index < -0.39 is 5.41 Å². The molecule has 40 heavy (non-hydrogen) atoms. The predicted molar refractivity (Wildman–Crippen MR) is 156 cm³/mol. The number of fused-ring (bicyclic) bond motifs is 6. The summed E-state index contributed by atoms with van der Waals surface area (Å²) in [4.78, 5) is 36.7. The molecule has 5 heteroatoms. The van der Waals surface area contributed by atoms with Gasteiger partial charge in [0.25, 0.3) is 0 Å². The molecule has 0 aromatic heterocycles. The lowest BCUT2D eigenvalue weighted by atomic mass is 9.34. The molecule has 5 nitrogen and oxygen atoms in total. The maximum atomic E-state index is 13.8. The monoisotopic (exact) mass is 554 g/mol. The SMILES string of the molecule is CC(=O)O[C@H]1CC[C@]2(C)[C@H]3CCC4=C5CC(C)(C)CC[C@]5(C(=O)OCCC=O)CC[C@@]4(C)[C@]3(C)CC[C@H]2C1(C)C. The smallest absolute Gasteiger partial charge is 0.316 e. The van der Waals surface area contributed by atoms with Crippen molar-refractivity contribution in [1.82, 2.24) is 0 Å². The van der Waals surface area contributed by atoms with Crippen LogP contribution < -0.4 is 0 Å². The van der Waals surface area contributed by atoms with Gasteiger partial charge in [-0.25, -0.2) is 0 Å². The van der Waals surface area contributed by atoms with Gasteiger partial charge in [-0.3, -0.25) is 9.59 Å². The van der Waals surface area contributed by atoms with E-state index in [1.807, 2.05) is 0 Å². The van der Waals surface area contributed by atoms with Crippen molar-refractivity contribution >= 4 is 18.2 Å². The Morgan fingerprint density at radius 1 is 0.850 bits per heavy atom. The van der Waals surface area contributed by atoms with Gasteiger partial charge in [0.05, 0.1) is 12.0 Å². The second kappa shape index (κ2) is 9.69. The Bertz CT molecular complexity index is 1100. The van der Waals surface area contributed by atoms with Crippen molar-refractivity contribution in [1.29, 1.82) is 0 Å². The molecule has 224 valence electrons. The highest BCUT2D eigenvalue weighted by Gasteiger charge is 2.68. The van der Waals surface area contributed by atoms with Crippen molar-refractivity contribution in [3.05, 3.63) is 11.1 Å². The fourth-order valence-electron chi connectivity index (χ4n) is 11.3. The third kappa shape index (κ3) is 4.17. The zero-order valence-electron chi connectivity index (χ0n) is 26.5. The quantitative estimate of drug-likeness (QED) is 0.149. The maximum absolute atomic E-state index is 13.8. The zero-order valence-corrected chi connectivity index (χ0v) is 26.5. The molecule has 0 bridgehead atoms. The van der Waals surface area contributed by atoms with Crippen LogP contribution in [0.2, 0.25) is 0 Å². The van der Waals surface area contributed by atoms with Crippen LogP contribution in [0.15, 0.2) is 11.1 Å². The summed E-state index contributed by atoms with van der Waals surface area (Å²) in [5.74, 6) is 0.893. The summed E-state index contributed by atoms with van der Waals surface area (Å²) in [7, 11) is 0. The molecule has 0 aliphatic heterocycles. The highest BCUT2D eigenvalue weighted by atomic mass is 16.5. The van der Waals surface area contributed by atoms with Crippen molar-refractivity contribution in [2.24, 2.45) is 44.3 Å². The molecule has 0 N–H and O–H groups in total. The first-order chi connectivity index (χ1) is 18.6. The van der Waals surface area contributed by atoms with E-state index in [2.05, 4.69) is 48.5 Å². The summed E-state index contributed by atoms with van der Waals surface area (Å²) in [5, 5.41) is 0. The summed E-state index contributed by atoms with van der Waals surface area (Å²) in [6.45, 7) is 18.8. The molecule has 0 amide bonds. The molecule has 0 spiro atoms. The van der Waals surface area contributed by atoms with Gasteiger partial charge in [-0.1, -0.05) is 59.6 Å². The number of aldehydes is 1. The fourth-order valence-corrected chi connectivity index (χ4v) is 11.3. The second-order valence-electron chi connectivity index (χ2n) is 16.4. The average Bonchev–Trinajstić information content (AvgIpc) is 2.86. The molecule has 0 saturated heterocycles. The minimum absolute atomic E-state index is 0.00529. The highest BCUT2D eigenvalue weighted by Crippen LogP contribution is 2.75. The van der Waals surface area contributed by atoms with E-state index in [1.54, 1.807) is 12.5 Å². The van der Waals surface area contributed by atoms with Gasteiger partial charge >= 0.3 is 11.9 Å². The van der Waals surface area contributed by atoms with Gasteiger partial charge in [-0.2, -0.15) is 0 Å². The molecule has 7 atom stereocenters. The van der Waals surface area contributed by atoms with Crippen LogP contribution in [0.3, 0.4) is 0 Å². The molecule has 4 fully saturated rings. The molecule has 5 aliphatic rings. The topological polar surface area (TPSA) is 69.7 Å². The standard InChI is InChI=1S/C35H54O5/c1-23(37)40-28-13-14-32(6)26(31(28,4)5)12-15-34(8)27(32)11-10-24-25-22-30(2,3)16-18-35(25,19-17-33(24,34)7)29(38)39-21-9-20-36/h20,26-28H,9-19,21-22H2,1-8H3/t26-,27+,28-,32-,33+,34+,35-/m0/s1. The van der Waals surface area contributed by atoms with Crippen molar-refractivity contribution in [2.75, 3.05) is 6.61 Å². The first-order valence-corrected chi connectivity index (χ1v) is 16.1. The van der Waals surface area contributed by atoms with Crippen molar-refractivity contribution in [2.45, 2.75) is 139 Å². The maximum Gasteiger partial charge on any atom is 0.316 e. The van der Waals surface area contributed by atoms with Gasteiger partial charge in [-0.15, -0.1) is 0 Å². The Labute approximate surface area is 242 Å². The van der Waals surface area contributed by atoms with Gasteiger partial charge < -0.3 is 14.3 Å².